The van der Waals surface area contributed by atoms with Gasteiger partial charge in [0.25, 0.3) is 0 Å². The third-order valence-corrected chi connectivity index (χ3v) is 4.36. The molecule has 0 bridgehead atoms. The van der Waals surface area contributed by atoms with Gasteiger partial charge < -0.3 is 10.1 Å². The Morgan fingerprint density at radius 3 is 2.79 bits per heavy atom. The highest BCUT2D eigenvalue weighted by atomic mass is 32.2. The number of aromatic amines is 1. The summed E-state index contributed by atoms with van der Waals surface area (Å²) in [5.74, 6) is -0.360. The van der Waals surface area contributed by atoms with Gasteiger partial charge in [0.15, 0.2) is 0 Å². The largest absolute Gasteiger partial charge is 0.480 e. The first-order valence-corrected chi connectivity index (χ1v) is 7.33. The second-order valence-electron chi connectivity index (χ2n) is 5.22. The third-order valence-electron chi connectivity index (χ3n) is 3.11. The Kier molecular flexibility index (Phi) is 4.20. The zero-order valence-electron chi connectivity index (χ0n) is 11.4. The lowest BCUT2D eigenvalue weighted by molar-refractivity contribution is -0.136. The highest BCUT2D eigenvalue weighted by Crippen LogP contribution is 2.35. The van der Waals surface area contributed by atoms with E-state index in [9.17, 15) is 9.90 Å². The number of aromatic nitrogens is 1. The predicted molar refractivity (Wildman–Crippen MR) is 79.8 cm³/mol. The maximum atomic E-state index is 11.4. The number of aliphatic carboxylic acids is 1. The maximum absolute atomic E-state index is 11.4. The van der Waals surface area contributed by atoms with E-state index in [-0.39, 0.29) is 0 Å². The Hall–Kier alpha value is -1.42. The lowest BCUT2D eigenvalue weighted by Crippen LogP contribution is -2.18. The van der Waals surface area contributed by atoms with Gasteiger partial charge in [0, 0.05) is 22.0 Å². The number of carbonyl (C=O) groups is 1. The monoisotopic (exact) mass is 277 g/mol. The number of nitrogens with one attached hydrogen (secondary N) is 1. The molecule has 2 N–H and O–H groups in total. The Morgan fingerprint density at radius 2 is 2.16 bits per heavy atom. The summed E-state index contributed by atoms with van der Waals surface area (Å²) in [5, 5.41) is 10.1. The van der Waals surface area contributed by atoms with Crippen LogP contribution in [0.1, 0.15) is 25.8 Å². The first-order chi connectivity index (χ1) is 8.99. The van der Waals surface area contributed by atoms with Gasteiger partial charge in [0.1, 0.15) is 5.25 Å². The lowest BCUT2D eigenvalue weighted by atomic mass is 10.1. The smallest absolute Gasteiger partial charge is 0.316 e. The highest BCUT2D eigenvalue weighted by Gasteiger charge is 2.22. The number of carboxylic acids is 1. The quantitative estimate of drug-likeness (QED) is 0.810. The van der Waals surface area contributed by atoms with Crippen LogP contribution in [0.5, 0.6) is 0 Å². The van der Waals surface area contributed by atoms with Gasteiger partial charge in [-0.2, -0.15) is 0 Å². The molecule has 1 aromatic carbocycles. The van der Waals surface area contributed by atoms with Crippen molar-refractivity contribution < 1.29 is 9.90 Å². The number of benzene rings is 1. The minimum Gasteiger partial charge on any atom is -0.480 e. The van der Waals surface area contributed by atoms with Crippen molar-refractivity contribution in [2.24, 2.45) is 5.92 Å². The summed E-state index contributed by atoms with van der Waals surface area (Å²) in [6, 6.07) is 6.08. The SMILES string of the molecule is Cc1cccc2[nH]cc(SC(CC(C)C)C(=O)O)c12. The van der Waals surface area contributed by atoms with Crippen LogP contribution in [-0.4, -0.2) is 21.3 Å². The molecule has 1 aromatic heterocycles. The molecule has 1 heterocycles. The number of thioether (sulfide) groups is 1. The van der Waals surface area contributed by atoms with Crippen LogP contribution in [0.2, 0.25) is 0 Å². The van der Waals surface area contributed by atoms with E-state index in [1.54, 1.807) is 0 Å². The van der Waals surface area contributed by atoms with E-state index in [1.807, 2.05) is 18.3 Å². The van der Waals surface area contributed by atoms with Crippen LogP contribution in [0.4, 0.5) is 0 Å². The number of hydrogen-bond donors (Lipinski definition) is 2. The van der Waals surface area contributed by atoms with Gasteiger partial charge in [-0.05, 0) is 30.9 Å². The van der Waals surface area contributed by atoms with Crippen molar-refractivity contribution >= 4 is 28.6 Å². The van der Waals surface area contributed by atoms with Crippen molar-refractivity contribution in [3.8, 4) is 0 Å². The fraction of sp³-hybridized carbons (Fsp3) is 0.400. The summed E-state index contributed by atoms with van der Waals surface area (Å²) in [4.78, 5) is 15.6. The number of H-pyrrole nitrogens is 1. The third kappa shape index (κ3) is 3.13. The van der Waals surface area contributed by atoms with E-state index in [4.69, 9.17) is 0 Å². The Labute approximate surface area is 117 Å². The number of aryl methyl sites for hydroxylation is 1. The molecule has 0 aliphatic heterocycles. The Balaban J connectivity index is 2.31. The van der Waals surface area contributed by atoms with Crippen LogP contribution < -0.4 is 0 Å². The minimum atomic E-state index is -0.735. The van der Waals surface area contributed by atoms with Gasteiger partial charge in [-0.1, -0.05) is 26.0 Å². The van der Waals surface area contributed by atoms with E-state index in [1.165, 1.54) is 17.3 Å². The van der Waals surface area contributed by atoms with Crippen molar-refractivity contribution in [1.29, 1.82) is 0 Å². The van der Waals surface area contributed by atoms with E-state index < -0.39 is 11.2 Å². The molecule has 0 saturated heterocycles. The molecule has 0 spiro atoms. The Morgan fingerprint density at radius 1 is 1.42 bits per heavy atom. The molecule has 2 aromatic rings. The van der Waals surface area contributed by atoms with Crippen molar-refractivity contribution in [3.63, 3.8) is 0 Å². The fourth-order valence-corrected chi connectivity index (χ4v) is 3.61. The topological polar surface area (TPSA) is 53.1 Å². The summed E-state index contributed by atoms with van der Waals surface area (Å²) in [7, 11) is 0. The molecule has 0 aliphatic carbocycles. The standard InChI is InChI=1S/C15H19NO2S/c1-9(2)7-12(15(17)18)19-13-8-16-11-6-4-5-10(3)14(11)13/h4-6,8-9,12,16H,7H2,1-3H3,(H,17,18). The van der Waals surface area contributed by atoms with Gasteiger partial charge in [0.2, 0.25) is 0 Å². The van der Waals surface area contributed by atoms with Crippen LogP contribution in [0.25, 0.3) is 10.9 Å². The summed E-state index contributed by atoms with van der Waals surface area (Å²) in [5.41, 5.74) is 2.24. The molecule has 1 unspecified atom stereocenters. The Bertz CT molecular complexity index is 589. The van der Waals surface area contributed by atoms with Crippen LogP contribution >= 0.6 is 11.8 Å². The van der Waals surface area contributed by atoms with Crippen molar-refractivity contribution in [2.45, 2.75) is 37.3 Å². The van der Waals surface area contributed by atoms with Crippen LogP contribution in [0, 0.1) is 12.8 Å². The number of fused-ring (bicyclic) bond motifs is 1. The second kappa shape index (κ2) is 5.70. The maximum Gasteiger partial charge on any atom is 0.316 e. The molecule has 0 fully saturated rings. The van der Waals surface area contributed by atoms with Crippen molar-refractivity contribution in [1.82, 2.24) is 4.98 Å². The first-order valence-electron chi connectivity index (χ1n) is 6.45. The van der Waals surface area contributed by atoms with Crippen LogP contribution in [0.3, 0.4) is 0 Å². The number of hydrogen-bond acceptors (Lipinski definition) is 2. The second-order valence-corrected chi connectivity index (χ2v) is 6.47. The van der Waals surface area contributed by atoms with Crippen molar-refractivity contribution in [2.75, 3.05) is 0 Å². The molecule has 0 aliphatic rings. The molecule has 0 radical (unpaired) electrons. The predicted octanol–water partition coefficient (Wildman–Crippen LogP) is 4.07. The van der Waals surface area contributed by atoms with Crippen LogP contribution in [0.15, 0.2) is 29.3 Å². The van der Waals surface area contributed by atoms with Crippen molar-refractivity contribution in [3.05, 3.63) is 30.0 Å². The van der Waals surface area contributed by atoms with Crippen LogP contribution in [-0.2, 0) is 4.79 Å². The molecule has 102 valence electrons. The average Bonchev–Trinajstić information content (AvgIpc) is 2.72. The molecule has 19 heavy (non-hydrogen) atoms. The highest BCUT2D eigenvalue weighted by molar-refractivity contribution is 8.00. The summed E-state index contributed by atoms with van der Waals surface area (Å²) >= 11 is 1.44. The van der Waals surface area contributed by atoms with E-state index in [0.29, 0.717) is 12.3 Å². The molecule has 0 saturated carbocycles. The van der Waals surface area contributed by atoms with Gasteiger partial charge in [0.05, 0.1) is 0 Å². The normalized spacial score (nSPS) is 13.1. The zero-order valence-corrected chi connectivity index (χ0v) is 12.3. The van der Waals surface area contributed by atoms with E-state index in [0.717, 1.165) is 15.8 Å². The average molecular weight is 277 g/mol. The lowest BCUT2D eigenvalue weighted by Gasteiger charge is -2.14. The van der Waals surface area contributed by atoms with E-state index >= 15 is 0 Å². The molecular weight excluding hydrogens is 258 g/mol. The first kappa shape index (κ1) is 14.0. The van der Waals surface area contributed by atoms with Gasteiger partial charge in [-0.3, -0.25) is 4.79 Å². The minimum absolute atomic E-state index is 0.375. The zero-order chi connectivity index (χ0) is 14.0. The summed E-state index contributed by atoms with van der Waals surface area (Å²) in [6.07, 6.45) is 2.59. The van der Waals surface area contributed by atoms with Gasteiger partial charge in [-0.25, -0.2) is 0 Å². The number of carboxylic acid groups (broad SMARTS) is 1. The molecule has 1 atom stereocenters. The fourth-order valence-electron chi connectivity index (χ4n) is 2.20. The summed E-state index contributed by atoms with van der Waals surface area (Å²) < 4.78 is 0. The molecule has 4 heteroatoms. The number of rotatable bonds is 5. The molecular formula is C15H19NO2S. The van der Waals surface area contributed by atoms with Gasteiger partial charge in [-0.15, -0.1) is 11.8 Å². The summed E-state index contributed by atoms with van der Waals surface area (Å²) in [6.45, 7) is 6.16. The molecule has 0 amide bonds. The molecule has 2 rings (SSSR count). The van der Waals surface area contributed by atoms with Gasteiger partial charge >= 0.3 is 5.97 Å². The van der Waals surface area contributed by atoms with E-state index in [2.05, 4.69) is 31.8 Å². The molecule has 3 nitrogen and oxygen atoms in total.